The molecule has 2 fully saturated rings. The number of carbonyl (C=O) groups excluding carboxylic acids is 1. The molecule has 4 nitrogen and oxygen atoms in total. The van der Waals surface area contributed by atoms with Gasteiger partial charge in [-0.05, 0) is 25.1 Å². The number of ether oxygens (including phenoxy) is 1. The van der Waals surface area contributed by atoms with Crippen molar-refractivity contribution >= 4 is 17.7 Å². The summed E-state index contributed by atoms with van der Waals surface area (Å²) >= 11 is 1.99. The first kappa shape index (κ1) is 15.1. The van der Waals surface area contributed by atoms with E-state index in [0.29, 0.717) is 19.1 Å². The summed E-state index contributed by atoms with van der Waals surface area (Å²) in [7, 11) is 0. The molecule has 19 heavy (non-hydrogen) atoms. The largest absolute Gasteiger partial charge is 0.378 e. The molecule has 1 amide bonds. The lowest BCUT2D eigenvalue weighted by molar-refractivity contribution is -0.141. The van der Waals surface area contributed by atoms with E-state index in [1.165, 1.54) is 11.5 Å². The molecule has 0 spiro atoms. The fourth-order valence-corrected chi connectivity index (χ4v) is 3.52. The molecule has 1 atom stereocenters. The van der Waals surface area contributed by atoms with Crippen LogP contribution >= 0.6 is 11.8 Å². The molecule has 0 N–H and O–H groups in total. The van der Waals surface area contributed by atoms with E-state index < -0.39 is 0 Å². The van der Waals surface area contributed by atoms with Crippen molar-refractivity contribution in [3.8, 4) is 0 Å². The Morgan fingerprint density at radius 3 is 2.84 bits per heavy atom. The van der Waals surface area contributed by atoms with Crippen molar-refractivity contribution < 1.29 is 9.53 Å². The second-order valence-electron chi connectivity index (χ2n) is 5.27. The Hall–Kier alpha value is -0.260. The monoisotopic (exact) mass is 286 g/mol. The minimum atomic E-state index is 0.221. The van der Waals surface area contributed by atoms with Gasteiger partial charge in [0.15, 0.2) is 0 Å². The molecule has 5 heteroatoms. The van der Waals surface area contributed by atoms with Gasteiger partial charge in [0.25, 0.3) is 0 Å². The summed E-state index contributed by atoms with van der Waals surface area (Å²) in [5, 5.41) is 0. The number of carbonyl (C=O) groups is 1. The number of hydrogen-bond donors (Lipinski definition) is 0. The van der Waals surface area contributed by atoms with Crippen molar-refractivity contribution in [1.29, 1.82) is 0 Å². The van der Waals surface area contributed by atoms with Crippen molar-refractivity contribution in [2.75, 3.05) is 57.4 Å². The number of piperidine rings is 1. The average molecular weight is 286 g/mol. The second kappa shape index (κ2) is 8.12. The number of rotatable bonds is 5. The highest BCUT2D eigenvalue weighted by Crippen LogP contribution is 2.19. The van der Waals surface area contributed by atoms with Crippen LogP contribution in [0.1, 0.15) is 19.8 Å². The first-order valence-corrected chi connectivity index (χ1v) is 8.63. The van der Waals surface area contributed by atoms with Gasteiger partial charge in [-0.3, -0.25) is 4.79 Å². The Bertz CT molecular complexity index is 283. The molecule has 0 aliphatic carbocycles. The van der Waals surface area contributed by atoms with E-state index in [1.807, 2.05) is 16.7 Å². The zero-order valence-corrected chi connectivity index (χ0v) is 12.8. The quantitative estimate of drug-likeness (QED) is 0.714. The lowest BCUT2D eigenvalue weighted by atomic mass is 9.96. The first-order valence-electron chi connectivity index (χ1n) is 7.48. The standard InChI is InChI=1S/C14H26N2O2S/c1-2-19-11-8-15-5-3-4-13(12-15)14(17)16-6-9-18-10-7-16/h13H,2-12H2,1H3. The van der Waals surface area contributed by atoms with Crippen LogP contribution < -0.4 is 0 Å². The summed E-state index contributed by atoms with van der Waals surface area (Å²) in [6.45, 7) is 8.42. The third-order valence-corrected chi connectivity index (χ3v) is 4.81. The minimum Gasteiger partial charge on any atom is -0.378 e. The maximum Gasteiger partial charge on any atom is 0.227 e. The summed E-state index contributed by atoms with van der Waals surface area (Å²) in [5.41, 5.74) is 0. The zero-order chi connectivity index (χ0) is 13.5. The summed E-state index contributed by atoms with van der Waals surface area (Å²) in [6.07, 6.45) is 2.23. The van der Waals surface area contributed by atoms with Crippen LogP contribution in [0.2, 0.25) is 0 Å². The number of hydrogen-bond acceptors (Lipinski definition) is 4. The number of morpholine rings is 1. The molecule has 0 saturated carbocycles. The highest BCUT2D eigenvalue weighted by Gasteiger charge is 2.29. The van der Waals surface area contributed by atoms with Crippen LogP contribution in [0.3, 0.4) is 0 Å². The number of nitrogens with zero attached hydrogens (tertiary/aromatic N) is 2. The van der Waals surface area contributed by atoms with Crippen LogP contribution in [0.5, 0.6) is 0 Å². The van der Waals surface area contributed by atoms with Crippen LogP contribution in [0, 0.1) is 5.92 Å². The SMILES string of the molecule is CCSCCN1CCCC(C(=O)N2CCOCC2)C1. The van der Waals surface area contributed by atoms with Crippen LogP contribution in [-0.4, -0.2) is 73.2 Å². The highest BCUT2D eigenvalue weighted by atomic mass is 32.2. The molecule has 0 aromatic rings. The number of likely N-dealkylation sites (tertiary alicyclic amines) is 1. The maximum absolute atomic E-state index is 12.5. The van der Waals surface area contributed by atoms with Crippen LogP contribution in [0.25, 0.3) is 0 Å². The van der Waals surface area contributed by atoms with Gasteiger partial charge in [-0.25, -0.2) is 0 Å². The normalized spacial score (nSPS) is 25.5. The lowest BCUT2D eigenvalue weighted by Crippen LogP contribution is -2.48. The van der Waals surface area contributed by atoms with E-state index in [4.69, 9.17) is 4.74 Å². The summed E-state index contributed by atoms with van der Waals surface area (Å²) in [6, 6.07) is 0. The Morgan fingerprint density at radius 2 is 2.11 bits per heavy atom. The first-order chi connectivity index (χ1) is 9.31. The molecule has 110 valence electrons. The maximum atomic E-state index is 12.5. The highest BCUT2D eigenvalue weighted by molar-refractivity contribution is 7.99. The Morgan fingerprint density at radius 1 is 1.32 bits per heavy atom. The molecule has 1 unspecified atom stereocenters. The molecule has 2 aliphatic heterocycles. The van der Waals surface area contributed by atoms with Crippen molar-refractivity contribution in [3.63, 3.8) is 0 Å². The number of thioether (sulfide) groups is 1. The van der Waals surface area contributed by atoms with Gasteiger partial charge in [-0.15, -0.1) is 0 Å². The third kappa shape index (κ3) is 4.65. The molecular formula is C14H26N2O2S. The molecule has 2 rings (SSSR count). The number of amides is 1. The van der Waals surface area contributed by atoms with Crippen LogP contribution in [0.15, 0.2) is 0 Å². The topological polar surface area (TPSA) is 32.8 Å². The Labute approximate surface area is 120 Å². The molecule has 0 aromatic heterocycles. The van der Waals surface area contributed by atoms with Gasteiger partial charge in [0.05, 0.1) is 19.1 Å². The van der Waals surface area contributed by atoms with Crippen molar-refractivity contribution in [2.24, 2.45) is 5.92 Å². The molecule has 0 aromatic carbocycles. The van der Waals surface area contributed by atoms with Gasteiger partial charge < -0.3 is 14.5 Å². The molecule has 0 radical (unpaired) electrons. The van der Waals surface area contributed by atoms with E-state index in [1.54, 1.807) is 0 Å². The van der Waals surface area contributed by atoms with Crippen LogP contribution in [-0.2, 0) is 9.53 Å². The Kier molecular flexibility index (Phi) is 6.47. The summed E-state index contributed by atoms with van der Waals surface area (Å²) in [4.78, 5) is 16.9. The second-order valence-corrected chi connectivity index (χ2v) is 6.67. The van der Waals surface area contributed by atoms with E-state index >= 15 is 0 Å². The summed E-state index contributed by atoms with van der Waals surface area (Å²) in [5.74, 6) is 2.95. The van der Waals surface area contributed by atoms with Gasteiger partial charge in [0.1, 0.15) is 0 Å². The molecule has 2 saturated heterocycles. The van der Waals surface area contributed by atoms with Crippen molar-refractivity contribution in [1.82, 2.24) is 9.80 Å². The molecule has 2 aliphatic rings. The lowest BCUT2D eigenvalue weighted by Gasteiger charge is -2.36. The fourth-order valence-electron chi connectivity index (χ4n) is 2.84. The summed E-state index contributed by atoms with van der Waals surface area (Å²) < 4.78 is 5.32. The predicted octanol–water partition coefficient (Wildman–Crippen LogP) is 1.31. The minimum absolute atomic E-state index is 0.221. The van der Waals surface area contributed by atoms with Crippen molar-refractivity contribution in [3.05, 3.63) is 0 Å². The third-order valence-electron chi connectivity index (χ3n) is 3.93. The van der Waals surface area contributed by atoms with E-state index in [-0.39, 0.29) is 5.92 Å². The van der Waals surface area contributed by atoms with Crippen LogP contribution in [0.4, 0.5) is 0 Å². The van der Waals surface area contributed by atoms with Gasteiger partial charge in [-0.1, -0.05) is 6.92 Å². The zero-order valence-electron chi connectivity index (χ0n) is 12.0. The van der Waals surface area contributed by atoms with Gasteiger partial charge in [0, 0.05) is 31.9 Å². The molecule has 0 bridgehead atoms. The Balaban J connectivity index is 1.77. The predicted molar refractivity (Wildman–Crippen MR) is 79.6 cm³/mol. The van der Waals surface area contributed by atoms with E-state index in [0.717, 1.165) is 45.6 Å². The molecule has 2 heterocycles. The van der Waals surface area contributed by atoms with Gasteiger partial charge in [0.2, 0.25) is 5.91 Å². The van der Waals surface area contributed by atoms with E-state index in [2.05, 4.69) is 11.8 Å². The van der Waals surface area contributed by atoms with E-state index in [9.17, 15) is 4.79 Å². The smallest absolute Gasteiger partial charge is 0.227 e. The van der Waals surface area contributed by atoms with Gasteiger partial charge >= 0.3 is 0 Å². The van der Waals surface area contributed by atoms with Crippen molar-refractivity contribution in [2.45, 2.75) is 19.8 Å². The van der Waals surface area contributed by atoms with Gasteiger partial charge in [-0.2, -0.15) is 11.8 Å². The fraction of sp³-hybridized carbons (Fsp3) is 0.929. The molecular weight excluding hydrogens is 260 g/mol. The average Bonchev–Trinajstić information content (AvgIpc) is 2.48.